The van der Waals surface area contributed by atoms with E-state index in [1.165, 1.54) is 16.7 Å². The topological polar surface area (TPSA) is 18.5 Å². The average molecular weight is 220 g/mol. The molecule has 0 fully saturated rings. The highest BCUT2D eigenvalue weighted by molar-refractivity contribution is 5.67. The highest BCUT2D eigenvalue weighted by Crippen LogP contribution is 2.24. The first-order valence-corrected chi connectivity index (χ1v) is 5.40. The number of hydrogen-bond acceptors (Lipinski definition) is 2. The Morgan fingerprint density at radius 2 is 1.88 bits per heavy atom. The predicted octanol–water partition coefficient (Wildman–Crippen LogP) is 3.33. The lowest BCUT2D eigenvalue weighted by Crippen LogP contribution is -2.13. The summed E-state index contributed by atoms with van der Waals surface area (Å²) < 4.78 is 10.4. The first-order chi connectivity index (χ1) is 7.60. The molecule has 0 saturated heterocycles. The molecule has 0 amide bonds. The van der Waals surface area contributed by atoms with Crippen LogP contribution in [0.4, 0.5) is 0 Å². The number of benzene rings is 1. The normalized spacial score (nSPS) is 10.8. The SMILES string of the molecule is C=C(CC(OC)OC)c1cccc(C)c1C. The fourth-order valence-electron chi connectivity index (χ4n) is 1.71. The van der Waals surface area contributed by atoms with E-state index in [9.17, 15) is 0 Å². The van der Waals surface area contributed by atoms with Crippen molar-refractivity contribution in [3.05, 3.63) is 41.5 Å². The smallest absolute Gasteiger partial charge is 0.160 e. The number of aryl methyl sites for hydroxylation is 1. The number of hydrogen-bond donors (Lipinski definition) is 0. The van der Waals surface area contributed by atoms with E-state index in [1.807, 2.05) is 0 Å². The zero-order valence-electron chi connectivity index (χ0n) is 10.5. The van der Waals surface area contributed by atoms with E-state index < -0.39 is 0 Å². The molecule has 0 bridgehead atoms. The lowest BCUT2D eigenvalue weighted by Gasteiger charge is -2.17. The van der Waals surface area contributed by atoms with Gasteiger partial charge in [-0.25, -0.2) is 0 Å². The van der Waals surface area contributed by atoms with Crippen molar-refractivity contribution in [3.8, 4) is 0 Å². The molecule has 2 nitrogen and oxygen atoms in total. The van der Waals surface area contributed by atoms with Crippen molar-refractivity contribution in [3.63, 3.8) is 0 Å². The van der Waals surface area contributed by atoms with Crippen LogP contribution in [-0.4, -0.2) is 20.5 Å². The minimum atomic E-state index is -0.215. The van der Waals surface area contributed by atoms with E-state index in [0.717, 1.165) is 5.57 Å². The van der Waals surface area contributed by atoms with Crippen LogP contribution in [0.3, 0.4) is 0 Å². The minimum absolute atomic E-state index is 0.215. The number of ether oxygens (including phenoxy) is 2. The molecule has 0 heterocycles. The molecular weight excluding hydrogens is 200 g/mol. The summed E-state index contributed by atoms with van der Waals surface area (Å²) in [7, 11) is 3.29. The summed E-state index contributed by atoms with van der Waals surface area (Å²) in [6.45, 7) is 8.33. The van der Waals surface area contributed by atoms with E-state index in [-0.39, 0.29) is 6.29 Å². The molecule has 0 aliphatic carbocycles. The standard InChI is InChI=1S/C14H20O2/c1-10-7-6-8-13(12(10)3)11(2)9-14(15-4)16-5/h6-8,14H,2,9H2,1,3-5H3. The van der Waals surface area contributed by atoms with Crippen LogP contribution in [0.2, 0.25) is 0 Å². The van der Waals surface area contributed by atoms with Gasteiger partial charge in [0.1, 0.15) is 0 Å². The summed E-state index contributed by atoms with van der Waals surface area (Å²) in [6.07, 6.45) is 0.476. The van der Waals surface area contributed by atoms with Crippen LogP contribution in [0.15, 0.2) is 24.8 Å². The Hall–Kier alpha value is -1.12. The van der Waals surface area contributed by atoms with Crippen LogP contribution in [0.1, 0.15) is 23.1 Å². The van der Waals surface area contributed by atoms with Crippen LogP contribution < -0.4 is 0 Å². The molecule has 1 aromatic carbocycles. The van der Waals surface area contributed by atoms with Crippen molar-refractivity contribution in [1.29, 1.82) is 0 Å². The molecule has 0 atom stereocenters. The largest absolute Gasteiger partial charge is 0.356 e. The molecule has 0 aliphatic rings. The van der Waals surface area contributed by atoms with Gasteiger partial charge >= 0.3 is 0 Å². The molecule has 0 N–H and O–H groups in total. The van der Waals surface area contributed by atoms with Gasteiger partial charge in [-0.15, -0.1) is 0 Å². The van der Waals surface area contributed by atoms with Crippen molar-refractivity contribution in [1.82, 2.24) is 0 Å². The molecular formula is C14H20O2. The van der Waals surface area contributed by atoms with Gasteiger partial charge in [-0.05, 0) is 36.1 Å². The van der Waals surface area contributed by atoms with Gasteiger partial charge < -0.3 is 9.47 Å². The van der Waals surface area contributed by atoms with Gasteiger partial charge in [-0.3, -0.25) is 0 Å². The molecule has 0 spiro atoms. The third kappa shape index (κ3) is 2.94. The summed E-state index contributed by atoms with van der Waals surface area (Å²) in [5.41, 5.74) is 4.80. The Morgan fingerprint density at radius 3 is 2.44 bits per heavy atom. The van der Waals surface area contributed by atoms with E-state index in [0.29, 0.717) is 6.42 Å². The molecule has 0 radical (unpaired) electrons. The highest BCUT2D eigenvalue weighted by Gasteiger charge is 2.11. The van der Waals surface area contributed by atoms with Crippen LogP contribution >= 0.6 is 0 Å². The van der Waals surface area contributed by atoms with E-state index in [4.69, 9.17) is 9.47 Å². The Bertz CT molecular complexity index is 365. The lowest BCUT2D eigenvalue weighted by molar-refractivity contribution is -0.0971. The Morgan fingerprint density at radius 1 is 1.25 bits per heavy atom. The second-order valence-corrected chi connectivity index (χ2v) is 3.96. The average Bonchev–Trinajstić information content (AvgIpc) is 2.29. The van der Waals surface area contributed by atoms with Crippen LogP contribution in [-0.2, 0) is 9.47 Å². The van der Waals surface area contributed by atoms with Gasteiger partial charge in [0, 0.05) is 20.6 Å². The maximum atomic E-state index is 5.18. The van der Waals surface area contributed by atoms with E-state index in [2.05, 4.69) is 38.6 Å². The number of rotatable bonds is 5. The van der Waals surface area contributed by atoms with Gasteiger partial charge in [0.15, 0.2) is 6.29 Å². The van der Waals surface area contributed by atoms with Crippen molar-refractivity contribution in [2.24, 2.45) is 0 Å². The van der Waals surface area contributed by atoms with Crippen LogP contribution in [0.5, 0.6) is 0 Å². The second kappa shape index (κ2) is 5.83. The maximum Gasteiger partial charge on any atom is 0.160 e. The highest BCUT2D eigenvalue weighted by atomic mass is 16.7. The molecule has 1 aromatic rings. The molecule has 0 aliphatic heterocycles. The summed E-state index contributed by atoms with van der Waals surface area (Å²) in [6, 6.07) is 6.25. The maximum absolute atomic E-state index is 5.18. The van der Waals surface area contributed by atoms with E-state index in [1.54, 1.807) is 14.2 Å². The Labute approximate surface area is 97.9 Å². The van der Waals surface area contributed by atoms with Gasteiger partial charge in [0.2, 0.25) is 0 Å². The second-order valence-electron chi connectivity index (χ2n) is 3.96. The molecule has 88 valence electrons. The zero-order chi connectivity index (χ0) is 12.1. The van der Waals surface area contributed by atoms with Crippen LogP contribution in [0, 0.1) is 13.8 Å². The van der Waals surface area contributed by atoms with Crippen LogP contribution in [0.25, 0.3) is 5.57 Å². The summed E-state index contributed by atoms with van der Waals surface area (Å²) >= 11 is 0. The van der Waals surface area contributed by atoms with Gasteiger partial charge in [0.25, 0.3) is 0 Å². The fraction of sp³-hybridized carbons (Fsp3) is 0.429. The van der Waals surface area contributed by atoms with Crippen molar-refractivity contribution in [2.45, 2.75) is 26.6 Å². The third-order valence-corrected chi connectivity index (χ3v) is 2.92. The van der Waals surface area contributed by atoms with Gasteiger partial charge in [-0.1, -0.05) is 24.8 Å². The molecule has 2 heteroatoms. The third-order valence-electron chi connectivity index (χ3n) is 2.92. The molecule has 0 aromatic heterocycles. The molecule has 16 heavy (non-hydrogen) atoms. The molecule has 0 saturated carbocycles. The Balaban J connectivity index is 2.84. The summed E-state index contributed by atoms with van der Waals surface area (Å²) in [5, 5.41) is 0. The van der Waals surface area contributed by atoms with Crippen molar-refractivity contribution < 1.29 is 9.47 Å². The summed E-state index contributed by atoms with van der Waals surface area (Å²) in [4.78, 5) is 0. The predicted molar refractivity (Wildman–Crippen MR) is 67.4 cm³/mol. The zero-order valence-corrected chi connectivity index (χ0v) is 10.5. The van der Waals surface area contributed by atoms with Gasteiger partial charge in [0.05, 0.1) is 0 Å². The van der Waals surface area contributed by atoms with Crippen molar-refractivity contribution >= 4 is 5.57 Å². The fourth-order valence-corrected chi connectivity index (χ4v) is 1.71. The molecule has 1 rings (SSSR count). The van der Waals surface area contributed by atoms with Crippen molar-refractivity contribution in [2.75, 3.05) is 14.2 Å². The minimum Gasteiger partial charge on any atom is -0.356 e. The quantitative estimate of drug-likeness (QED) is 0.709. The first kappa shape index (κ1) is 12.9. The number of methoxy groups -OCH3 is 2. The lowest BCUT2D eigenvalue weighted by atomic mass is 9.96. The summed E-state index contributed by atoms with van der Waals surface area (Å²) in [5.74, 6) is 0. The van der Waals surface area contributed by atoms with Gasteiger partial charge in [-0.2, -0.15) is 0 Å². The molecule has 0 unspecified atom stereocenters. The Kier molecular flexibility index (Phi) is 4.71. The monoisotopic (exact) mass is 220 g/mol. The van der Waals surface area contributed by atoms with E-state index >= 15 is 0 Å². The first-order valence-electron chi connectivity index (χ1n) is 5.40.